The number of para-hydroxylation sites is 1. The van der Waals surface area contributed by atoms with Crippen LogP contribution in [0, 0.1) is 11.8 Å². The molecule has 2 saturated heterocycles. The third-order valence-corrected chi connectivity index (χ3v) is 5.94. The number of benzene rings is 1. The van der Waals surface area contributed by atoms with Crippen LogP contribution < -0.4 is 10.2 Å². The van der Waals surface area contributed by atoms with Gasteiger partial charge in [0.2, 0.25) is 11.8 Å². The van der Waals surface area contributed by atoms with Gasteiger partial charge < -0.3 is 15.1 Å². The lowest BCUT2D eigenvalue weighted by Crippen LogP contribution is -2.36. The van der Waals surface area contributed by atoms with E-state index >= 15 is 0 Å². The molecule has 27 heavy (non-hydrogen) atoms. The fourth-order valence-electron chi connectivity index (χ4n) is 4.22. The van der Waals surface area contributed by atoms with Gasteiger partial charge in [-0.25, -0.2) is 0 Å². The highest BCUT2D eigenvalue weighted by Gasteiger charge is 2.39. The number of carbonyl (C=O) groups is 2. The Labute approximate surface area is 168 Å². The van der Waals surface area contributed by atoms with Crippen molar-refractivity contribution in [1.82, 2.24) is 10.2 Å². The summed E-state index contributed by atoms with van der Waals surface area (Å²) in [6, 6.07) is 8.13. The third kappa shape index (κ3) is 4.64. The molecule has 3 rings (SSSR count). The molecule has 0 saturated carbocycles. The van der Waals surface area contributed by atoms with Crippen LogP contribution in [0.4, 0.5) is 5.69 Å². The number of nitrogens with one attached hydrogen (secondary N) is 1. The van der Waals surface area contributed by atoms with Crippen LogP contribution in [0.3, 0.4) is 0 Å². The van der Waals surface area contributed by atoms with E-state index in [9.17, 15) is 9.59 Å². The topological polar surface area (TPSA) is 52.7 Å². The van der Waals surface area contributed by atoms with Gasteiger partial charge in [0.25, 0.3) is 0 Å². The van der Waals surface area contributed by atoms with Crippen LogP contribution in [0.1, 0.15) is 44.6 Å². The zero-order valence-electron chi connectivity index (χ0n) is 16.6. The second-order valence-corrected chi connectivity index (χ2v) is 7.77. The van der Waals surface area contributed by atoms with Gasteiger partial charge in [0.15, 0.2) is 0 Å². The molecule has 150 valence electrons. The van der Waals surface area contributed by atoms with Crippen molar-refractivity contribution in [3.05, 3.63) is 29.8 Å². The molecule has 5 nitrogen and oxygen atoms in total. The first kappa shape index (κ1) is 21.7. The smallest absolute Gasteiger partial charge is 0.228 e. The first-order chi connectivity index (χ1) is 12.5. The monoisotopic (exact) mass is 393 g/mol. The van der Waals surface area contributed by atoms with Gasteiger partial charge in [-0.2, -0.15) is 0 Å². The van der Waals surface area contributed by atoms with Crippen LogP contribution in [0.25, 0.3) is 0 Å². The van der Waals surface area contributed by atoms with Crippen molar-refractivity contribution in [2.24, 2.45) is 11.8 Å². The van der Waals surface area contributed by atoms with E-state index in [0.717, 1.165) is 38.2 Å². The highest BCUT2D eigenvalue weighted by Crippen LogP contribution is 2.34. The van der Waals surface area contributed by atoms with E-state index in [0.29, 0.717) is 24.8 Å². The highest BCUT2D eigenvalue weighted by atomic mass is 35.5. The second kappa shape index (κ2) is 9.56. The van der Waals surface area contributed by atoms with Gasteiger partial charge in [-0.1, -0.05) is 32.0 Å². The minimum absolute atomic E-state index is 0. The van der Waals surface area contributed by atoms with E-state index in [4.69, 9.17) is 0 Å². The average molecular weight is 394 g/mol. The quantitative estimate of drug-likeness (QED) is 0.808. The van der Waals surface area contributed by atoms with Crippen molar-refractivity contribution in [2.75, 3.05) is 38.1 Å². The van der Waals surface area contributed by atoms with Gasteiger partial charge >= 0.3 is 0 Å². The van der Waals surface area contributed by atoms with Gasteiger partial charge in [-0.05, 0) is 49.9 Å². The molecule has 2 aliphatic rings. The predicted molar refractivity (Wildman–Crippen MR) is 111 cm³/mol. The summed E-state index contributed by atoms with van der Waals surface area (Å²) in [5.41, 5.74) is 2.18. The van der Waals surface area contributed by atoms with Crippen LogP contribution in [0.5, 0.6) is 0 Å². The summed E-state index contributed by atoms with van der Waals surface area (Å²) in [6.07, 6.45) is 2.41. The van der Waals surface area contributed by atoms with Gasteiger partial charge in [0.05, 0.1) is 5.92 Å². The zero-order chi connectivity index (χ0) is 18.7. The summed E-state index contributed by atoms with van der Waals surface area (Å²) in [7, 11) is 1.95. The van der Waals surface area contributed by atoms with Crippen LogP contribution in [0.15, 0.2) is 24.3 Å². The fraction of sp³-hybridized carbons (Fsp3) is 0.619. The van der Waals surface area contributed by atoms with E-state index in [2.05, 4.69) is 25.2 Å². The van der Waals surface area contributed by atoms with Crippen LogP contribution in [0.2, 0.25) is 0 Å². The maximum Gasteiger partial charge on any atom is 0.228 e. The lowest BCUT2D eigenvalue weighted by Gasteiger charge is -2.24. The number of carbonyl (C=O) groups excluding carboxylic acids is 2. The van der Waals surface area contributed by atoms with E-state index < -0.39 is 0 Å². The number of likely N-dealkylation sites (tertiary alicyclic amines) is 1. The first-order valence-corrected chi connectivity index (χ1v) is 9.87. The molecule has 0 aliphatic carbocycles. The van der Waals surface area contributed by atoms with Crippen LogP contribution >= 0.6 is 12.4 Å². The van der Waals surface area contributed by atoms with Gasteiger partial charge in [0.1, 0.15) is 0 Å². The Hall–Kier alpha value is -1.59. The Morgan fingerprint density at radius 3 is 2.74 bits per heavy atom. The summed E-state index contributed by atoms with van der Waals surface area (Å²) in [5, 5.41) is 3.20. The lowest BCUT2D eigenvalue weighted by atomic mass is 9.96. The maximum atomic E-state index is 12.9. The van der Waals surface area contributed by atoms with E-state index in [1.165, 1.54) is 5.56 Å². The van der Waals surface area contributed by atoms with Crippen molar-refractivity contribution in [2.45, 2.75) is 39.0 Å². The molecule has 0 bridgehead atoms. The number of nitrogens with zero attached hydrogens (tertiary/aromatic N) is 2. The number of hydrogen-bond donors (Lipinski definition) is 1. The Bertz CT molecular complexity index is 667. The molecule has 3 unspecified atom stereocenters. The molecule has 6 heteroatoms. The molecule has 1 aromatic rings. The second-order valence-electron chi connectivity index (χ2n) is 7.77. The van der Waals surface area contributed by atoms with Gasteiger partial charge in [-0.3, -0.25) is 9.59 Å². The molecule has 1 aromatic carbocycles. The Morgan fingerprint density at radius 2 is 2.04 bits per heavy atom. The summed E-state index contributed by atoms with van der Waals surface area (Å²) in [6.45, 7) is 7.44. The van der Waals surface area contributed by atoms with E-state index in [1.807, 2.05) is 35.0 Å². The number of amides is 2. The van der Waals surface area contributed by atoms with Crippen molar-refractivity contribution in [3.8, 4) is 0 Å². The number of rotatable bonds is 6. The number of halogens is 1. The summed E-state index contributed by atoms with van der Waals surface area (Å²) in [4.78, 5) is 29.4. The number of hydrogen-bond acceptors (Lipinski definition) is 3. The molecule has 2 aliphatic heterocycles. The molecule has 3 atom stereocenters. The summed E-state index contributed by atoms with van der Waals surface area (Å²) < 4.78 is 0. The highest BCUT2D eigenvalue weighted by molar-refractivity contribution is 6.01. The standard InChI is InChI=1S/C21H31N3O2.ClH/c1-4-15(2)18-7-5-6-8-19(18)24-14-17(11-20(24)25)21(26)23-10-9-16(13-23)12-22-3;/h5-8,15-17,22H,4,9-14H2,1-3H3;1H. The summed E-state index contributed by atoms with van der Waals surface area (Å²) >= 11 is 0. The molecule has 0 aromatic heterocycles. The molecule has 0 radical (unpaired) electrons. The van der Waals surface area contributed by atoms with Crippen LogP contribution in [-0.2, 0) is 9.59 Å². The van der Waals surface area contributed by atoms with E-state index in [1.54, 1.807) is 0 Å². The fourth-order valence-corrected chi connectivity index (χ4v) is 4.22. The Morgan fingerprint density at radius 1 is 1.30 bits per heavy atom. The lowest BCUT2D eigenvalue weighted by molar-refractivity contribution is -0.134. The molecular weight excluding hydrogens is 362 g/mol. The molecule has 2 amide bonds. The number of anilines is 1. The molecule has 2 fully saturated rings. The van der Waals surface area contributed by atoms with Crippen LogP contribution in [-0.4, -0.2) is 49.9 Å². The van der Waals surface area contributed by atoms with Crippen molar-refractivity contribution >= 4 is 29.9 Å². The SMILES string of the molecule is CCC(C)c1ccccc1N1CC(C(=O)N2CCC(CNC)C2)CC1=O.Cl. The molecule has 0 spiro atoms. The largest absolute Gasteiger partial charge is 0.342 e. The minimum atomic E-state index is -0.208. The minimum Gasteiger partial charge on any atom is -0.342 e. The predicted octanol–water partition coefficient (Wildman–Crippen LogP) is 3.04. The molecule has 1 N–H and O–H groups in total. The summed E-state index contributed by atoms with van der Waals surface area (Å²) in [5.74, 6) is 0.948. The van der Waals surface area contributed by atoms with Gasteiger partial charge in [-0.15, -0.1) is 12.4 Å². The third-order valence-electron chi connectivity index (χ3n) is 5.94. The molecular formula is C21H32ClN3O2. The van der Waals surface area contributed by atoms with Crippen molar-refractivity contribution in [1.29, 1.82) is 0 Å². The molecule has 2 heterocycles. The van der Waals surface area contributed by atoms with E-state index in [-0.39, 0.29) is 30.1 Å². The van der Waals surface area contributed by atoms with Crippen molar-refractivity contribution < 1.29 is 9.59 Å². The average Bonchev–Trinajstić information content (AvgIpc) is 3.27. The Balaban J connectivity index is 0.00000261. The maximum absolute atomic E-state index is 12.9. The first-order valence-electron chi connectivity index (χ1n) is 9.87. The Kier molecular flexibility index (Phi) is 7.68. The van der Waals surface area contributed by atoms with Crippen molar-refractivity contribution in [3.63, 3.8) is 0 Å². The van der Waals surface area contributed by atoms with Gasteiger partial charge in [0, 0.05) is 31.7 Å². The normalized spacial score (nSPS) is 23.4. The zero-order valence-corrected chi connectivity index (χ0v) is 17.4.